The molecule has 94 valence electrons. The van der Waals surface area contributed by atoms with Gasteiger partial charge in [0.25, 0.3) is 0 Å². The van der Waals surface area contributed by atoms with Gasteiger partial charge >= 0.3 is 6.18 Å². The number of rotatable bonds is 5. The van der Waals surface area contributed by atoms with E-state index in [1.165, 1.54) is 6.08 Å². The Morgan fingerprint density at radius 2 is 2.12 bits per heavy atom. The molecule has 0 amide bonds. The molecule has 1 N–H and O–H groups in total. The monoisotopic (exact) mass is 236 g/mol. The minimum atomic E-state index is -4.13. The number of alkyl halides is 3. The largest absolute Gasteiger partial charge is 0.412 e. The summed E-state index contributed by atoms with van der Waals surface area (Å²) in [4.78, 5) is 2.04. The second kappa shape index (κ2) is 6.25. The second-order valence-corrected chi connectivity index (χ2v) is 4.03. The Labute approximate surface area is 94.5 Å². The number of hydrogen-bond acceptors (Lipinski definition) is 2. The highest BCUT2D eigenvalue weighted by Gasteiger charge is 2.34. The topological polar surface area (TPSA) is 15.3 Å². The maximum atomic E-state index is 12.3. The fourth-order valence-corrected chi connectivity index (χ4v) is 1.71. The van der Waals surface area contributed by atoms with Crippen molar-refractivity contribution in [3.8, 4) is 0 Å². The molecule has 0 bridgehead atoms. The SMILES string of the molecule is CCCNCCN1CC=C(C(F)(F)F)CC1. The average molecular weight is 236 g/mol. The van der Waals surface area contributed by atoms with E-state index in [4.69, 9.17) is 0 Å². The first-order valence-corrected chi connectivity index (χ1v) is 5.73. The summed E-state index contributed by atoms with van der Waals surface area (Å²) in [6, 6.07) is 0. The van der Waals surface area contributed by atoms with Crippen LogP contribution < -0.4 is 5.32 Å². The minimum absolute atomic E-state index is 0.122. The maximum Gasteiger partial charge on any atom is 0.412 e. The summed E-state index contributed by atoms with van der Waals surface area (Å²) in [5.41, 5.74) is -0.370. The van der Waals surface area contributed by atoms with Gasteiger partial charge in [-0.05, 0) is 19.4 Å². The van der Waals surface area contributed by atoms with Crippen LogP contribution in [0, 0.1) is 0 Å². The minimum Gasteiger partial charge on any atom is -0.315 e. The Balaban J connectivity index is 2.23. The van der Waals surface area contributed by atoms with Gasteiger partial charge in [0.05, 0.1) is 0 Å². The number of halogens is 3. The molecular weight excluding hydrogens is 217 g/mol. The average Bonchev–Trinajstić information content (AvgIpc) is 2.24. The van der Waals surface area contributed by atoms with E-state index in [9.17, 15) is 13.2 Å². The smallest absolute Gasteiger partial charge is 0.315 e. The Morgan fingerprint density at radius 1 is 1.38 bits per heavy atom. The van der Waals surface area contributed by atoms with Gasteiger partial charge in [0.15, 0.2) is 0 Å². The van der Waals surface area contributed by atoms with Gasteiger partial charge in [0.2, 0.25) is 0 Å². The quantitative estimate of drug-likeness (QED) is 0.581. The van der Waals surface area contributed by atoms with E-state index in [2.05, 4.69) is 12.2 Å². The summed E-state index contributed by atoms with van der Waals surface area (Å²) in [5, 5.41) is 3.24. The molecule has 1 heterocycles. The highest BCUT2D eigenvalue weighted by Crippen LogP contribution is 2.29. The molecule has 16 heavy (non-hydrogen) atoms. The molecule has 0 atom stereocenters. The fourth-order valence-electron chi connectivity index (χ4n) is 1.71. The van der Waals surface area contributed by atoms with Crippen molar-refractivity contribution in [2.45, 2.75) is 25.9 Å². The van der Waals surface area contributed by atoms with Crippen molar-refractivity contribution in [3.63, 3.8) is 0 Å². The van der Waals surface area contributed by atoms with Crippen molar-refractivity contribution in [1.29, 1.82) is 0 Å². The van der Waals surface area contributed by atoms with Gasteiger partial charge in [0.1, 0.15) is 0 Å². The van der Waals surface area contributed by atoms with E-state index >= 15 is 0 Å². The molecule has 0 unspecified atom stereocenters. The van der Waals surface area contributed by atoms with E-state index in [1.54, 1.807) is 0 Å². The van der Waals surface area contributed by atoms with E-state index in [0.717, 1.165) is 26.1 Å². The zero-order valence-electron chi connectivity index (χ0n) is 9.61. The Bertz CT molecular complexity index is 236. The van der Waals surface area contributed by atoms with E-state index in [1.807, 2.05) is 4.90 Å². The zero-order chi connectivity index (χ0) is 12.0. The van der Waals surface area contributed by atoms with Gasteiger partial charge in [-0.25, -0.2) is 0 Å². The van der Waals surface area contributed by atoms with E-state index in [-0.39, 0.29) is 12.0 Å². The highest BCUT2D eigenvalue weighted by atomic mass is 19.4. The molecule has 1 rings (SSSR count). The summed E-state index contributed by atoms with van der Waals surface area (Å²) in [5.74, 6) is 0. The fraction of sp³-hybridized carbons (Fsp3) is 0.818. The van der Waals surface area contributed by atoms with Crippen molar-refractivity contribution in [2.75, 3.05) is 32.7 Å². The number of nitrogens with one attached hydrogen (secondary N) is 1. The third kappa shape index (κ3) is 4.53. The third-order valence-electron chi connectivity index (χ3n) is 2.69. The summed E-state index contributed by atoms with van der Waals surface area (Å²) in [6.45, 7) is 5.66. The normalized spacial score (nSPS) is 18.6. The molecule has 1 aliphatic heterocycles. The van der Waals surface area contributed by atoms with Crippen LogP contribution in [0.15, 0.2) is 11.6 Å². The molecule has 0 aromatic carbocycles. The van der Waals surface area contributed by atoms with Crippen molar-refractivity contribution in [2.24, 2.45) is 0 Å². The number of nitrogens with zero attached hydrogens (tertiary/aromatic N) is 1. The van der Waals surface area contributed by atoms with Gasteiger partial charge in [-0.2, -0.15) is 13.2 Å². The summed E-state index contributed by atoms with van der Waals surface area (Å²) in [6.07, 6.45) is -1.62. The van der Waals surface area contributed by atoms with Crippen LogP contribution in [0.2, 0.25) is 0 Å². The molecule has 0 spiro atoms. The van der Waals surface area contributed by atoms with Gasteiger partial charge in [-0.3, -0.25) is 4.90 Å². The van der Waals surface area contributed by atoms with Crippen molar-refractivity contribution < 1.29 is 13.2 Å². The molecule has 0 saturated heterocycles. The molecule has 0 fully saturated rings. The first-order chi connectivity index (χ1) is 7.54. The van der Waals surface area contributed by atoms with E-state index < -0.39 is 6.18 Å². The van der Waals surface area contributed by atoms with Crippen LogP contribution in [-0.4, -0.2) is 43.8 Å². The van der Waals surface area contributed by atoms with Crippen molar-refractivity contribution in [3.05, 3.63) is 11.6 Å². The molecule has 2 nitrogen and oxygen atoms in total. The van der Waals surface area contributed by atoms with E-state index in [0.29, 0.717) is 13.1 Å². The summed E-state index contributed by atoms with van der Waals surface area (Å²) < 4.78 is 37.0. The van der Waals surface area contributed by atoms with Crippen molar-refractivity contribution >= 4 is 0 Å². The first kappa shape index (κ1) is 13.5. The zero-order valence-corrected chi connectivity index (χ0v) is 9.61. The van der Waals surface area contributed by atoms with Crippen LogP contribution in [0.25, 0.3) is 0 Å². The van der Waals surface area contributed by atoms with Crippen LogP contribution in [-0.2, 0) is 0 Å². The molecule has 0 aromatic heterocycles. The maximum absolute atomic E-state index is 12.3. The molecule has 0 aliphatic carbocycles. The van der Waals surface area contributed by atoms with Gasteiger partial charge in [-0.1, -0.05) is 13.0 Å². The highest BCUT2D eigenvalue weighted by molar-refractivity contribution is 5.12. The Hall–Kier alpha value is -0.550. The van der Waals surface area contributed by atoms with Gasteiger partial charge < -0.3 is 5.32 Å². The lowest BCUT2D eigenvalue weighted by Gasteiger charge is -2.27. The van der Waals surface area contributed by atoms with Crippen LogP contribution in [0.4, 0.5) is 13.2 Å². The molecule has 0 radical (unpaired) electrons. The molecule has 1 aliphatic rings. The standard InChI is InChI=1S/C11H19F3N2/c1-2-5-15-6-9-16-7-3-10(4-8-16)11(12,13)14/h3,15H,2,4-9H2,1H3. The van der Waals surface area contributed by atoms with Crippen LogP contribution >= 0.6 is 0 Å². The Kier molecular flexibility index (Phi) is 5.28. The predicted octanol–water partition coefficient (Wildman–Crippen LogP) is 2.18. The van der Waals surface area contributed by atoms with Gasteiger partial charge in [0, 0.05) is 31.8 Å². The summed E-state index contributed by atoms with van der Waals surface area (Å²) in [7, 11) is 0. The lowest BCUT2D eigenvalue weighted by Crippen LogP contribution is -2.36. The molecule has 0 saturated carbocycles. The Morgan fingerprint density at radius 3 is 2.62 bits per heavy atom. The first-order valence-electron chi connectivity index (χ1n) is 5.73. The second-order valence-electron chi connectivity index (χ2n) is 4.03. The molecule has 5 heteroatoms. The summed E-state index contributed by atoms with van der Waals surface area (Å²) >= 11 is 0. The lowest BCUT2D eigenvalue weighted by molar-refractivity contribution is -0.0959. The number of hydrogen-bond donors (Lipinski definition) is 1. The van der Waals surface area contributed by atoms with Gasteiger partial charge in [-0.15, -0.1) is 0 Å². The molecule has 0 aromatic rings. The predicted molar refractivity (Wildman–Crippen MR) is 58.4 cm³/mol. The van der Waals surface area contributed by atoms with Crippen LogP contribution in [0.5, 0.6) is 0 Å². The van der Waals surface area contributed by atoms with Crippen molar-refractivity contribution in [1.82, 2.24) is 10.2 Å². The molecular formula is C11H19F3N2. The lowest BCUT2D eigenvalue weighted by atomic mass is 10.1. The van der Waals surface area contributed by atoms with Crippen LogP contribution in [0.1, 0.15) is 19.8 Å². The third-order valence-corrected chi connectivity index (χ3v) is 2.69. The van der Waals surface area contributed by atoms with Crippen LogP contribution in [0.3, 0.4) is 0 Å².